The third kappa shape index (κ3) is 7.20. The van der Waals surface area contributed by atoms with E-state index >= 15 is 0 Å². The van der Waals surface area contributed by atoms with Crippen molar-refractivity contribution in [1.29, 1.82) is 0 Å². The monoisotopic (exact) mass is 364 g/mol. The topological polar surface area (TPSA) is 71.7 Å². The Hall–Kier alpha value is -1.82. The molecule has 1 rings (SSSR count). The molecule has 26 heavy (non-hydrogen) atoms. The summed E-state index contributed by atoms with van der Waals surface area (Å²) in [7, 11) is 0. The summed E-state index contributed by atoms with van der Waals surface area (Å²) in [5.41, 5.74) is 6.04. The van der Waals surface area contributed by atoms with Gasteiger partial charge in [-0.15, -0.1) is 0 Å². The second-order valence-electron chi connectivity index (χ2n) is 7.96. The number of likely N-dealkylation sites (N-methyl/N-ethyl adjacent to an activating group) is 1. The van der Waals surface area contributed by atoms with Crippen LogP contribution < -0.4 is 5.73 Å². The van der Waals surface area contributed by atoms with Crippen LogP contribution in [0.3, 0.4) is 0 Å². The average molecular weight is 365 g/mol. The van der Waals surface area contributed by atoms with Gasteiger partial charge in [0, 0.05) is 6.54 Å². The fourth-order valence-corrected chi connectivity index (χ4v) is 2.81. The molecule has 1 aromatic rings. The van der Waals surface area contributed by atoms with E-state index in [1.165, 1.54) is 0 Å². The third-order valence-corrected chi connectivity index (χ3v) is 4.30. The maximum atomic E-state index is 13.0. The van der Waals surface area contributed by atoms with Gasteiger partial charge < -0.3 is 15.4 Å². The molecule has 1 amide bonds. The molecule has 0 aliphatic rings. The van der Waals surface area contributed by atoms with E-state index in [2.05, 4.69) is 37.6 Å². The largest absolute Gasteiger partial charge is 0.444 e. The van der Waals surface area contributed by atoms with Gasteiger partial charge in [-0.25, -0.2) is 9.78 Å². The van der Waals surface area contributed by atoms with Gasteiger partial charge in [-0.05, 0) is 51.9 Å². The average Bonchev–Trinajstić information content (AvgIpc) is 2.52. The first-order valence-corrected chi connectivity index (χ1v) is 9.50. The first kappa shape index (κ1) is 22.2. The molecule has 0 spiro atoms. The van der Waals surface area contributed by atoms with Gasteiger partial charge in [0.2, 0.25) is 0 Å². The number of amides is 1. The zero-order valence-corrected chi connectivity index (χ0v) is 17.5. The minimum absolute atomic E-state index is 0.0213. The van der Waals surface area contributed by atoms with Gasteiger partial charge in [-0.3, -0.25) is 4.90 Å². The molecule has 1 heterocycles. The quantitative estimate of drug-likeness (QED) is 0.760. The number of nitrogens with zero attached hydrogens (tertiary/aromatic N) is 3. The van der Waals surface area contributed by atoms with Crippen molar-refractivity contribution >= 4 is 11.9 Å². The number of nitrogens with two attached hydrogens (primary N) is 1. The Morgan fingerprint density at radius 2 is 1.85 bits per heavy atom. The number of aromatic nitrogens is 1. The summed E-state index contributed by atoms with van der Waals surface area (Å²) in [6.07, 6.45) is -0.312. The van der Waals surface area contributed by atoms with Crippen LogP contribution in [0.1, 0.15) is 54.2 Å². The highest BCUT2D eigenvalue weighted by molar-refractivity contribution is 5.68. The number of carbonyl (C=O) groups is 1. The van der Waals surface area contributed by atoms with Crippen molar-refractivity contribution in [3.63, 3.8) is 0 Å². The van der Waals surface area contributed by atoms with Crippen molar-refractivity contribution in [2.45, 2.75) is 66.7 Å². The van der Waals surface area contributed by atoms with Gasteiger partial charge in [0.15, 0.2) is 0 Å². The Morgan fingerprint density at radius 1 is 1.23 bits per heavy atom. The van der Waals surface area contributed by atoms with Gasteiger partial charge in [0.05, 0.1) is 18.3 Å². The van der Waals surface area contributed by atoms with Crippen LogP contribution in [0.4, 0.5) is 10.6 Å². The highest BCUT2D eigenvalue weighted by atomic mass is 16.6. The predicted octanol–water partition coefficient (Wildman–Crippen LogP) is 3.77. The Bertz CT molecular complexity index is 565. The number of rotatable bonds is 8. The van der Waals surface area contributed by atoms with E-state index in [4.69, 9.17) is 10.5 Å². The molecule has 1 unspecified atom stereocenters. The summed E-state index contributed by atoms with van der Waals surface area (Å²) in [5, 5.41) is 0. The molecule has 6 heteroatoms. The van der Waals surface area contributed by atoms with E-state index in [1.54, 1.807) is 11.0 Å². The number of anilines is 1. The Balaban J connectivity index is 3.15. The molecule has 0 aliphatic heterocycles. The lowest BCUT2D eigenvalue weighted by Crippen LogP contribution is -2.50. The first-order valence-electron chi connectivity index (χ1n) is 9.50. The number of carbonyl (C=O) groups excluding carboxylic acids is 1. The maximum absolute atomic E-state index is 13.0. The normalized spacial score (nSPS) is 13.1. The minimum Gasteiger partial charge on any atom is -0.444 e. The summed E-state index contributed by atoms with van der Waals surface area (Å²) in [6.45, 7) is 17.3. The van der Waals surface area contributed by atoms with E-state index in [-0.39, 0.29) is 18.1 Å². The number of hydrogen-bond donors (Lipinski definition) is 1. The van der Waals surface area contributed by atoms with Gasteiger partial charge >= 0.3 is 6.09 Å². The number of ether oxygens (including phenoxy) is 1. The van der Waals surface area contributed by atoms with Crippen LogP contribution in [0.5, 0.6) is 0 Å². The van der Waals surface area contributed by atoms with Gasteiger partial charge in [0.25, 0.3) is 0 Å². The molecule has 2 N–H and O–H groups in total. The highest BCUT2D eigenvalue weighted by Gasteiger charge is 2.31. The molecule has 6 nitrogen and oxygen atoms in total. The van der Waals surface area contributed by atoms with Gasteiger partial charge in [-0.1, -0.05) is 33.8 Å². The van der Waals surface area contributed by atoms with Crippen LogP contribution in [0, 0.1) is 5.92 Å². The molecule has 0 aromatic carbocycles. The summed E-state index contributed by atoms with van der Waals surface area (Å²) >= 11 is 0. The van der Waals surface area contributed by atoms with E-state index in [0.29, 0.717) is 12.4 Å². The minimum atomic E-state index is -0.546. The maximum Gasteiger partial charge on any atom is 0.410 e. The third-order valence-electron chi connectivity index (χ3n) is 4.30. The van der Waals surface area contributed by atoms with E-state index < -0.39 is 5.60 Å². The molecule has 0 saturated carbocycles. The van der Waals surface area contributed by atoms with Crippen LogP contribution >= 0.6 is 0 Å². The van der Waals surface area contributed by atoms with Gasteiger partial charge in [-0.2, -0.15) is 0 Å². The van der Waals surface area contributed by atoms with Crippen molar-refractivity contribution in [2.75, 3.05) is 25.4 Å². The Kier molecular flexibility index (Phi) is 8.34. The Morgan fingerprint density at radius 3 is 2.31 bits per heavy atom. The zero-order valence-electron chi connectivity index (χ0n) is 17.5. The van der Waals surface area contributed by atoms with E-state index in [0.717, 1.165) is 25.3 Å². The highest BCUT2D eigenvalue weighted by Crippen LogP contribution is 2.20. The standard InChI is InChI=1S/C20H36N4O2/c1-8-23(9-2)14-17(15(3)4)24(19(25)26-20(5,6)7)13-16-11-10-12-18(21)22-16/h10-12,15,17H,8-9,13-14H2,1-7H3,(H2,21,22). The van der Waals surface area contributed by atoms with Crippen LogP contribution in [-0.4, -0.2) is 52.2 Å². The lowest BCUT2D eigenvalue weighted by atomic mass is 10.0. The Labute approximate surface area is 158 Å². The lowest BCUT2D eigenvalue weighted by Gasteiger charge is -2.38. The molecule has 1 aromatic heterocycles. The SMILES string of the molecule is CCN(CC)CC(C(C)C)N(Cc1cccc(N)n1)C(=O)OC(C)(C)C. The van der Waals surface area contributed by atoms with Crippen molar-refractivity contribution in [1.82, 2.24) is 14.8 Å². The van der Waals surface area contributed by atoms with Crippen LogP contribution in [0.2, 0.25) is 0 Å². The molecule has 0 aliphatic carbocycles. The van der Waals surface area contributed by atoms with Crippen molar-refractivity contribution in [2.24, 2.45) is 5.92 Å². The first-order chi connectivity index (χ1) is 12.1. The van der Waals surface area contributed by atoms with Crippen LogP contribution in [0.15, 0.2) is 18.2 Å². The molecule has 0 saturated heterocycles. The lowest BCUT2D eigenvalue weighted by molar-refractivity contribution is 0.00355. The predicted molar refractivity (Wildman–Crippen MR) is 107 cm³/mol. The molecule has 148 valence electrons. The summed E-state index contributed by atoms with van der Waals surface area (Å²) < 4.78 is 5.69. The summed E-state index contributed by atoms with van der Waals surface area (Å²) in [5.74, 6) is 0.737. The van der Waals surface area contributed by atoms with Crippen molar-refractivity contribution < 1.29 is 9.53 Å². The molecule has 0 bridgehead atoms. The van der Waals surface area contributed by atoms with E-state index in [1.807, 2.05) is 32.9 Å². The number of pyridine rings is 1. The second-order valence-corrected chi connectivity index (χ2v) is 7.96. The summed E-state index contributed by atoms with van der Waals surface area (Å²) in [6, 6.07) is 5.52. The zero-order chi connectivity index (χ0) is 19.9. The fourth-order valence-electron chi connectivity index (χ4n) is 2.81. The van der Waals surface area contributed by atoms with E-state index in [9.17, 15) is 4.79 Å². The van der Waals surface area contributed by atoms with Crippen molar-refractivity contribution in [3.05, 3.63) is 23.9 Å². The van der Waals surface area contributed by atoms with Crippen LogP contribution in [-0.2, 0) is 11.3 Å². The molecular formula is C20H36N4O2. The molecular weight excluding hydrogens is 328 g/mol. The summed E-state index contributed by atoms with van der Waals surface area (Å²) in [4.78, 5) is 21.5. The van der Waals surface area contributed by atoms with Crippen molar-refractivity contribution in [3.8, 4) is 0 Å². The number of nitrogen functional groups attached to an aromatic ring is 1. The molecule has 0 radical (unpaired) electrons. The smallest absolute Gasteiger partial charge is 0.410 e. The number of hydrogen-bond acceptors (Lipinski definition) is 5. The molecule has 0 fully saturated rings. The van der Waals surface area contributed by atoms with Gasteiger partial charge in [0.1, 0.15) is 11.4 Å². The van der Waals surface area contributed by atoms with Crippen LogP contribution in [0.25, 0.3) is 0 Å². The fraction of sp³-hybridized carbons (Fsp3) is 0.700. The molecule has 1 atom stereocenters. The second kappa shape index (κ2) is 9.76.